The van der Waals surface area contributed by atoms with Crippen molar-refractivity contribution < 1.29 is 18.7 Å². The standard InChI is InChI=1S/C31H28FN5O3/c1-2-40-24-18-16-23(17-19-24)37(29(38)21-36-28-15-9-8-14-27(28)34-35-36)30(25-12-6-7-13-26(25)32)31(39)33-20-22-10-4-3-5-11-22/h3-19,30H,2,20-21H2,1H3,(H,33,39). The molecule has 8 nitrogen and oxygen atoms in total. The lowest BCUT2D eigenvalue weighted by Gasteiger charge is -2.32. The summed E-state index contributed by atoms with van der Waals surface area (Å²) >= 11 is 0. The molecule has 1 heterocycles. The van der Waals surface area contributed by atoms with E-state index in [2.05, 4.69) is 15.6 Å². The van der Waals surface area contributed by atoms with E-state index in [4.69, 9.17) is 4.74 Å². The van der Waals surface area contributed by atoms with Crippen molar-refractivity contribution in [3.8, 4) is 5.75 Å². The summed E-state index contributed by atoms with van der Waals surface area (Å²) in [7, 11) is 0. The second kappa shape index (κ2) is 12.2. The molecule has 0 aliphatic rings. The fourth-order valence-electron chi connectivity index (χ4n) is 4.52. The molecular weight excluding hydrogens is 509 g/mol. The number of nitrogens with zero attached hydrogens (tertiary/aromatic N) is 4. The molecular formula is C31H28FN5O3. The summed E-state index contributed by atoms with van der Waals surface area (Å²) in [6.45, 7) is 2.34. The number of para-hydroxylation sites is 1. The van der Waals surface area contributed by atoms with Crippen molar-refractivity contribution in [2.24, 2.45) is 0 Å². The Morgan fingerprint density at radius 3 is 2.38 bits per heavy atom. The van der Waals surface area contributed by atoms with Gasteiger partial charge in [0.2, 0.25) is 11.8 Å². The third-order valence-corrected chi connectivity index (χ3v) is 6.42. The number of carbonyl (C=O) groups excluding carboxylic acids is 2. The first-order valence-electron chi connectivity index (χ1n) is 12.9. The molecule has 0 aliphatic heterocycles. The van der Waals surface area contributed by atoms with Crippen LogP contribution >= 0.6 is 0 Å². The number of carbonyl (C=O) groups is 2. The van der Waals surface area contributed by atoms with E-state index in [9.17, 15) is 9.59 Å². The SMILES string of the molecule is CCOc1ccc(N(C(=O)Cn2nnc3ccccc32)C(C(=O)NCc2ccccc2)c2ccccc2F)cc1. The summed E-state index contributed by atoms with van der Waals surface area (Å²) < 4.78 is 22.3. The van der Waals surface area contributed by atoms with E-state index in [0.29, 0.717) is 29.1 Å². The molecule has 40 heavy (non-hydrogen) atoms. The summed E-state index contributed by atoms with van der Waals surface area (Å²) in [5.41, 5.74) is 2.64. The lowest BCUT2D eigenvalue weighted by molar-refractivity contribution is -0.127. The Morgan fingerprint density at radius 2 is 1.62 bits per heavy atom. The zero-order chi connectivity index (χ0) is 27.9. The maximum Gasteiger partial charge on any atom is 0.249 e. The molecule has 0 saturated heterocycles. The number of hydrogen-bond donors (Lipinski definition) is 1. The first kappa shape index (κ1) is 26.6. The second-order valence-electron chi connectivity index (χ2n) is 9.05. The second-order valence-corrected chi connectivity index (χ2v) is 9.05. The predicted octanol–water partition coefficient (Wildman–Crippen LogP) is 5.06. The zero-order valence-corrected chi connectivity index (χ0v) is 21.9. The van der Waals surface area contributed by atoms with E-state index in [1.807, 2.05) is 55.5 Å². The van der Waals surface area contributed by atoms with Crippen molar-refractivity contribution in [3.05, 3.63) is 120 Å². The molecule has 0 bridgehead atoms. The van der Waals surface area contributed by atoms with Gasteiger partial charge in [-0.15, -0.1) is 5.10 Å². The number of aromatic nitrogens is 3. The topological polar surface area (TPSA) is 89.3 Å². The van der Waals surface area contributed by atoms with Crippen molar-refractivity contribution in [3.63, 3.8) is 0 Å². The smallest absolute Gasteiger partial charge is 0.249 e. The quantitative estimate of drug-likeness (QED) is 0.269. The van der Waals surface area contributed by atoms with Crippen LogP contribution in [0.15, 0.2) is 103 Å². The van der Waals surface area contributed by atoms with Crippen LogP contribution in [0.2, 0.25) is 0 Å². The molecule has 0 spiro atoms. The number of amides is 2. The van der Waals surface area contributed by atoms with Gasteiger partial charge in [-0.05, 0) is 55.0 Å². The van der Waals surface area contributed by atoms with Gasteiger partial charge in [-0.3, -0.25) is 14.5 Å². The van der Waals surface area contributed by atoms with E-state index >= 15 is 4.39 Å². The molecule has 1 unspecified atom stereocenters. The first-order chi connectivity index (χ1) is 19.5. The molecule has 9 heteroatoms. The number of hydrogen-bond acceptors (Lipinski definition) is 5. The Kier molecular flexibility index (Phi) is 8.10. The van der Waals surface area contributed by atoms with Gasteiger partial charge in [-0.25, -0.2) is 9.07 Å². The number of ether oxygens (including phenoxy) is 1. The summed E-state index contributed by atoms with van der Waals surface area (Å²) in [5, 5.41) is 11.2. The van der Waals surface area contributed by atoms with Crippen molar-refractivity contribution in [2.75, 3.05) is 11.5 Å². The van der Waals surface area contributed by atoms with Gasteiger partial charge in [-0.2, -0.15) is 0 Å². The number of rotatable bonds is 10. The normalized spacial score (nSPS) is 11.7. The van der Waals surface area contributed by atoms with Crippen LogP contribution in [-0.4, -0.2) is 33.4 Å². The fourth-order valence-corrected chi connectivity index (χ4v) is 4.52. The Bertz CT molecular complexity index is 1600. The fraction of sp³-hybridized carbons (Fsp3) is 0.161. The molecule has 0 aliphatic carbocycles. The monoisotopic (exact) mass is 537 g/mol. The largest absolute Gasteiger partial charge is 0.494 e. The Morgan fingerprint density at radius 1 is 0.925 bits per heavy atom. The Balaban J connectivity index is 1.56. The number of nitrogens with one attached hydrogen (secondary N) is 1. The van der Waals surface area contributed by atoms with E-state index in [0.717, 1.165) is 5.56 Å². The lowest BCUT2D eigenvalue weighted by Crippen LogP contribution is -2.45. The van der Waals surface area contributed by atoms with Crippen LogP contribution in [0.1, 0.15) is 24.1 Å². The van der Waals surface area contributed by atoms with Crippen LogP contribution < -0.4 is 15.0 Å². The highest BCUT2D eigenvalue weighted by Crippen LogP contribution is 2.31. The van der Waals surface area contributed by atoms with E-state index in [-0.39, 0.29) is 18.7 Å². The first-order valence-corrected chi connectivity index (χ1v) is 12.9. The molecule has 1 N–H and O–H groups in total. The van der Waals surface area contributed by atoms with Gasteiger partial charge in [0.25, 0.3) is 0 Å². The average Bonchev–Trinajstić information content (AvgIpc) is 3.39. The van der Waals surface area contributed by atoms with E-state index in [1.165, 1.54) is 21.7 Å². The van der Waals surface area contributed by atoms with E-state index < -0.39 is 23.7 Å². The minimum Gasteiger partial charge on any atom is -0.494 e. The maximum atomic E-state index is 15.3. The summed E-state index contributed by atoms with van der Waals surface area (Å²) in [5.74, 6) is -0.989. The van der Waals surface area contributed by atoms with Crippen LogP contribution in [0.5, 0.6) is 5.75 Å². The van der Waals surface area contributed by atoms with Crippen LogP contribution in [-0.2, 0) is 22.7 Å². The average molecular weight is 538 g/mol. The van der Waals surface area contributed by atoms with Gasteiger partial charge in [0.1, 0.15) is 29.7 Å². The summed E-state index contributed by atoms with van der Waals surface area (Å²) in [6, 6.07) is 28.1. The molecule has 2 amide bonds. The molecule has 0 fully saturated rings. The molecule has 4 aromatic carbocycles. The molecule has 1 atom stereocenters. The van der Waals surface area contributed by atoms with Gasteiger partial charge >= 0.3 is 0 Å². The molecule has 202 valence electrons. The third-order valence-electron chi connectivity index (χ3n) is 6.42. The number of halogens is 1. The minimum atomic E-state index is -1.30. The van der Waals surface area contributed by atoms with Crippen molar-refractivity contribution >= 4 is 28.5 Å². The number of benzene rings is 4. The van der Waals surface area contributed by atoms with Crippen LogP contribution in [0.4, 0.5) is 10.1 Å². The van der Waals surface area contributed by atoms with Gasteiger partial charge in [-0.1, -0.05) is 65.9 Å². The molecule has 0 radical (unpaired) electrons. The van der Waals surface area contributed by atoms with Gasteiger partial charge in [0.05, 0.1) is 12.1 Å². The molecule has 5 aromatic rings. The Hall–Kier alpha value is -5.05. The highest BCUT2D eigenvalue weighted by molar-refractivity contribution is 6.01. The zero-order valence-electron chi connectivity index (χ0n) is 21.9. The molecule has 5 rings (SSSR count). The predicted molar refractivity (Wildman–Crippen MR) is 150 cm³/mol. The van der Waals surface area contributed by atoms with Crippen molar-refractivity contribution in [1.29, 1.82) is 0 Å². The van der Waals surface area contributed by atoms with Crippen LogP contribution in [0, 0.1) is 5.82 Å². The van der Waals surface area contributed by atoms with E-state index in [1.54, 1.807) is 42.5 Å². The molecule has 0 saturated carbocycles. The lowest BCUT2D eigenvalue weighted by atomic mass is 10.0. The Labute approximate surface area is 231 Å². The van der Waals surface area contributed by atoms with Crippen LogP contribution in [0.3, 0.4) is 0 Å². The summed E-state index contributed by atoms with van der Waals surface area (Å²) in [4.78, 5) is 29.2. The maximum absolute atomic E-state index is 15.3. The molecule has 1 aromatic heterocycles. The third kappa shape index (κ3) is 5.83. The van der Waals surface area contributed by atoms with Gasteiger partial charge in [0, 0.05) is 17.8 Å². The highest BCUT2D eigenvalue weighted by atomic mass is 19.1. The highest BCUT2D eigenvalue weighted by Gasteiger charge is 2.35. The van der Waals surface area contributed by atoms with Gasteiger partial charge in [0.15, 0.2) is 0 Å². The van der Waals surface area contributed by atoms with Crippen molar-refractivity contribution in [2.45, 2.75) is 26.1 Å². The summed E-state index contributed by atoms with van der Waals surface area (Å²) in [6.07, 6.45) is 0. The van der Waals surface area contributed by atoms with Gasteiger partial charge < -0.3 is 10.1 Å². The number of fused-ring (bicyclic) bond motifs is 1. The van der Waals surface area contributed by atoms with Crippen molar-refractivity contribution in [1.82, 2.24) is 20.3 Å². The number of anilines is 1. The van der Waals surface area contributed by atoms with Crippen LogP contribution in [0.25, 0.3) is 11.0 Å². The minimum absolute atomic E-state index is 0.0683.